The minimum atomic E-state index is -0.468. The largest absolute Gasteiger partial charge is 0.444 e. The minimum absolute atomic E-state index is 0.0674. The molecule has 2 atom stereocenters. The van der Waals surface area contributed by atoms with Crippen molar-refractivity contribution in [1.29, 1.82) is 0 Å². The maximum absolute atomic E-state index is 12.4. The Hall–Kier alpha value is -1.11. The van der Waals surface area contributed by atoms with E-state index >= 15 is 0 Å². The number of ether oxygens (including phenoxy) is 2. The molecule has 1 saturated heterocycles. The van der Waals surface area contributed by atoms with Gasteiger partial charge in [-0.3, -0.25) is 0 Å². The fraction of sp³-hybridized carbons (Fsp3) is 0.722. The van der Waals surface area contributed by atoms with Crippen molar-refractivity contribution in [1.82, 2.24) is 10.2 Å². The first kappa shape index (κ1) is 19.2. The van der Waals surface area contributed by atoms with Crippen LogP contribution in [-0.4, -0.2) is 55.0 Å². The van der Waals surface area contributed by atoms with Gasteiger partial charge in [-0.05, 0) is 52.0 Å². The van der Waals surface area contributed by atoms with Crippen molar-refractivity contribution in [3.63, 3.8) is 0 Å². The molecule has 1 aliphatic rings. The van der Waals surface area contributed by atoms with E-state index in [0.29, 0.717) is 25.8 Å². The molecule has 6 heteroatoms. The third-order valence-corrected chi connectivity index (χ3v) is 4.86. The Balaban J connectivity index is 1.80. The summed E-state index contributed by atoms with van der Waals surface area (Å²) in [5.41, 5.74) is -0.468. The van der Waals surface area contributed by atoms with E-state index in [-0.39, 0.29) is 12.1 Å². The van der Waals surface area contributed by atoms with E-state index < -0.39 is 5.60 Å². The highest BCUT2D eigenvalue weighted by Gasteiger charge is 2.31. The fourth-order valence-corrected chi connectivity index (χ4v) is 3.51. The molecule has 1 aromatic heterocycles. The molecule has 0 aromatic carbocycles. The Labute approximate surface area is 149 Å². The van der Waals surface area contributed by atoms with E-state index in [0.717, 1.165) is 19.4 Å². The van der Waals surface area contributed by atoms with E-state index in [1.807, 2.05) is 25.7 Å². The summed E-state index contributed by atoms with van der Waals surface area (Å²) in [6.07, 6.45) is 1.67. The number of thiophene rings is 1. The predicted octanol–water partition coefficient (Wildman–Crippen LogP) is 3.29. The summed E-state index contributed by atoms with van der Waals surface area (Å²) in [5, 5.41) is 5.66. The first-order valence-electron chi connectivity index (χ1n) is 8.68. The van der Waals surface area contributed by atoms with Gasteiger partial charge in [0, 0.05) is 24.0 Å². The fourth-order valence-electron chi connectivity index (χ4n) is 2.80. The van der Waals surface area contributed by atoms with Crippen LogP contribution in [0.15, 0.2) is 17.5 Å². The van der Waals surface area contributed by atoms with Gasteiger partial charge in [0.2, 0.25) is 0 Å². The van der Waals surface area contributed by atoms with Crippen molar-refractivity contribution in [2.24, 2.45) is 0 Å². The lowest BCUT2D eigenvalue weighted by Crippen LogP contribution is -2.52. The van der Waals surface area contributed by atoms with E-state index in [9.17, 15) is 4.79 Å². The SMILES string of the molecule is CC(CC1COCCN1C(=O)OC(C)(C)C)NCCc1cccs1. The molecule has 0 spiro atoms. The molecule has 1 fully saturated rings. The zero-order valence-corrected chi connectivity index (χ0v) is 16.0. The van der Waals surface area contributed by atoms with Crippen LogP contribution >= 0.6 is 11.3 Å². The van der Waals surface area contributed by atoms with Crippen molar-refractivity contribution < 1.29 is 14.3 Å². The lowest BCUT2D eigenvalue weighted by Gasteiger charge is -2.37. The van der Waals surface area contributed by atoms with Crippen LogP contribution in [0.4, 0.5) is 4.79 Å². The van der Waals surface area contributed by atoms with Crippen LogP contribution in [0.2, 0.25) is 0 Å². The number of hydrogen-bond donors (Lipinski definition) is 1. The van der Waals surface area contributed by atoms with Crippen LogP contribution in [-0.2, 0) is 15.9 Å². The Morgan fingerprint density at radius 1 is 1.54 bits per heavy atom. The molecule has 1 aliphatic heterocycles. The molecular weight excluding hydrogens is 324 g/mol. The third-order valence-electron chi connectivity index (χ3n) is 3.93. The molecule has 1 N–H and O–H groups in total. The van der Waals surface area contributed by atoms with Crippen molar-refractivity contribution in [2.45, 2.75) is 58.2 Å². The average molecular weight is 355 g/mol. The Morgan fingerprint density at radius 2 is 2.33 bits per heavy atom. The Bertz CT molecular complexity index is 499. The summed E-state index contributed by atoms with van der Waals surface area (Å²) in [6, 6.07) is 4.64. The monoisotopic (exact) mass is 354 g/mol. The number of hydrogen-bond acceptors (Lipinski definition) is 5. The minimum Gasteiger partial charge on any atom is -0.444 e. The number of nitrogens with zero attached hydrogens (tertiary/aromatic N) is 1. The molecule has 1 aromatic rings. The third kappa shape index (κ3) is 6.42. The van der Waals surface area contributed by atoms with E-state index in [2.05, 4.69) is 29.8 Å². The molecule has 0 aliphatic carbocycles. The van der Waals surface area contributed by atoms with Gasteiger partial charge in [0.1, 0.15) is 5.60 Å². The van der Waals surface area contributed by atoms with Crippen molar-refractivity contribution in [3.8, 4) is 0 Å². The molecule has 0 radical (unpaired) electrons. The van der Waals surface area contributed by atoms with Crippen LogP contribution in [0.1, 0.15) is 39.0 Å². The molecule has 2 heterocycles. The number of rotatable bonds is 6. The van der Waals surface area contributed by atoms with E-state index in [1.54, 1.807) is 11.3 Å². The van der Waals surface area contributed by atoms with Crippen LogP contribution in [0.25, 0.3) is 0 Å². The molecule has 5 nitrogen and oxygen atoms in total. The van der Waals surface area contributed by atoms with Gasteiger partial charge in [-0.2, -0.15) is 0 Å². The lowest BCUT2D eigenvalue weighted by molar-refractivity contribution is -0.0355. The summed E-state index contributed by atoms with van der Waals surface area (Å²) in [5.74, 6) is 0. The van der Waals surface area contributed by atoms with Crippen molar-refractivity contribution in [2.75, 3.05) is 26.3 Å². The number of nitrogens with one attached hydrogen (secondary N) is 1. The molecule has 2 rings (SSSR count). The molecular formula is C18H30N2O3S. The number of morpholine rings is 1. The van der Waals surface area contributed by atoms with Crippen LogP contribution in [0, 0.1) is 0 Å². The summed E-state index contributed by atoms with van der Waals surface area (Å²) < 4.78 is 11.1. The molecule has 0 saturated carbocycles. The normalized spacial score (nSPS) is 20.0. The molecule has 1 amide bonds. The van der Waals surface area contributed by atoms with Gasteiger partial charge in [-0.25, -0.2) is 4.79 Å². The van der Waals surface area contributed by atoms with Gasteiger partial charge in [0.05, 0.1) is 19.3 Å². The number of amides is 1. The maximum atomic E-state index is 12.4. The molecule has 2 unspecified atom stereocenters. The second-order valence-electron chi connectivity index (χ2n) is 7.32. The Morgan fingerprint density at radius 3 is 3.00 bits per heavy atom. The maximum Gasteiger partial charge on any atom is 0.410 e. The van der Waals surface area contributed by atoms with Gasteiger partial charge in [0.15, 0.2) is 0 Å². The summed E-state index contributed by atoms with van der Waals surface area (Å²) in [4.78, 5) is 15.6. The van der Waals surface area contributed by atoms with Gasteiger partial charge >= 0.3 is 6.09 Å². The summed E-state index contributed by atoms with van der Waals surface area (Å²) >= 11 is 1.79. The molecule has 0 bridgehead atoms. The quantitative estimate of drug-likeness (QED) is 0.852. The average Bonchev–Trinajstić information content (AvgIpc) is 2.99. The van der Waals surface area contributed by atoms with Gasteiger partial charge in [0.25, 0.3) is 0 Å². The summed E-state index contributed by atoms with van der Waals surface area (Å²) in [7, 11) is 0. The second-order valence-corrected chi connectivity index (χ2v) is 8.35. The second kappa shape index (κ2) is 8.83. The topological polar surface area (TPSA) is 50.8 Å². The predicted molar refractivity (Wildman–Crippen MR) is 97.7 cm³/mol. The van der Waals surface area contributed by atoms with Gasteiger partial charge in [-0.1, -0.05) is 6.07 Å². The van der Waals surface area contributed by atoms with Crippen molar-refractivity contribution in [3.05, 3.63) is 22.4 Å². The van der Waals surface area contributed by atoms with Crippen LogP contribution in [0.3, 0.4) is 0 Å². The van der Waals surface area contributed by atoms with E-state index in [1.165, 1.54) is 4.88 Å². The lowest BCUT2D eigenvalue weighted by atomic mass is 10.1. The highest BCUT2D eigenvalue weighted by Crippen LogP contribution is 2.17. The zero-order chi connectivity index (χ0) is 17.6. The zero-order valence-electron chi connectivity index (χ0n) is 15.2. The van der Waals surface area contributed by atoms with Crippen LogP contribution < -0.4 is 5.32 Å². The smallest absolute Gasteiger partial charge is 0.410 e. The van der Waals surface area contributed by atoms with Crippen LogP contribution in [0.5, 0.6) is 0 Å². The van der Waals surface area contributed by atoms with Crippen molar-refractivity contribution >= 4 is 17.4 Å². The van der Waals surface area contributed by atoms with Gasteiger partial charge < -0.3 is 19.7 Å². The first-order chi connectivity index (χ1) is 11.3. The van der Waals surface area contributed by atoms with Gasteiger partial charge in [-0.15, -0.1) is 11.3 Å². The van der Waals surface area contributed by atoms with E-state index in [4.69, 9.17) is 9.47 Å². The molecule has 24 heavy (non-hydrogen) atoms. The Kier molecular flexibility index (Phi) is 7.07. The highest BCUT2D eigenvalue weighted by molar-refractivity contribution is 7.09. The summed E-state index contributed by atoms with van der Waals surface area (Å²) in [6.45, 7) is 10.6. The number of carbonyl (C=O) groups is 1. The highest BCUT2D eigenvalue weighted by atomic mass is 32.1. The first-order valence-corrected chi connectivity index (χ1v) is 9.56. The molecule has 136 valence electrons. The number of carbonyl (C=O) groups excluding carboxylic acids is 1. The standard InChI is InChI=1S/C18H30N2O3S/c1-14(19-8-7-16-6-5-11-24-16)12-15-13-22-10-9-20(15)17(21)23-18(2,3)4/h5-6,11,14-15,19H,7-10,12-13H2,1-4H3.